The number of benzene rings is 2. The Bertz CT molecular complexity index is 810. The Labute approximate surface area is 147 Å². The van der Waals surface area contributed by atoms with Crippen molar-refractivity contribution >= 4 is 39.1 Å². The van der Waals surface area contributed by atoms with E-state index in [4.69, 9.17) is 23.2 Å². The highest BCUT2D eigenvalue weighted by Gasteiger charge is 2.13. The van der Waals surface area contributed by atoms with Crippen LogP contribution in [-0.4, -0.2) is 9.97 Å². The lowest BCUT2D eigenvalue weighted by Crippen LogP contribution is -1.90. The minimum absolute atomic E-state index is 0.647. The van der Waals surface area contributed by atoms with Gasteiger partial charge in [-0.15, -0.1) is 0 Å². The van der Waals surface area contributed by atoms with Gasteiger partial charge >= 0.3 is 0 Å². The smallest absolute Gasteiger partial charge is 0.111 e. The van der Waals surface area contributed by atoms with Crippen LogP contribution < -0.4 is 0 Å². The SMILES string of the molecule is Cc1[nH]c(Cc2ccc(Br)cc2)nc1-c1cc(Cl)ccc1Cl. The zero-order valence-electron chi connectivity index (χ0n) is 11.8. The van der Waals surface area contributed by atoms with Crippen LogP contribution in [0.3, 0.4) is 0 Å². The molecule has 5 heteroatoms. The molecule has 0 amide bonds. The fourth-order valence-corrected chi connectivity index (χ4v) is 2.99. The summed E-state index contributed by atoms with van der Waals surface area (Å²) in [6.07, 6.45) is 0.742. The van der Waals surface area contributed by atoms with Gasteiger partial charge in [-0.2, -0.15) is 0 Å². The minimum atomic E-state index is 0.647. The molecule has 3 aromatic rings. The molecule has 0 saturated heterocycles. The molecular weight excluding hydrogens is 383 g/mol. The number of hydrogen-bond donors (Lipinski definition) is 1. The monoisotopic (exact) mass is 394 g/mol. The molecular formula is C17H13BrCl2N2. The largest absolute Gasteiger partial charge is 0.345 e. The summed E-state index contributed by atoms with van der Waals surface area (Å²) in [7, 11) is 0. The summed E-state index contributed by atoms with van der Waals surface area (Å²) in [5.74, 6) is 0.908. The van der Waals surface area contributed by atoms with Crippen LogP contribution in [0.5, 0.6) is 0 Å². The normalized spacial score (nSPS) is 10.9. The van der Waals surface area contributed by atoms with Crippen molar-refractivity contribution in [3.8, 4) is 11.3 Å². The first-order valence-corrected chi connectivity index (χ1v) is 8.33. The van der Waals surface area contributed by atoms with E-state index in [-0.39, 0.29) is 0 Å². The molecule has 0 unspecified atom stereocenters. The van der Waals surface area contributed by atoms with Crippen LogP contribution in [0.25, 0.3) is 11.3 Å². The topological polar surface area (TPSA) is 28.7 Å². The molecule has 0 fully saturated rings. The number of nitrogens with zero attached hydrogens (tertiary/aromatic N) is 1. The third-order valence-electron chi connectivity index (χ3n) is 3.40. The van der Waals surface area contributed by atoms with Crippen molar-refractivity contribution in [3.05, 3.63) is 74.1 Å². The van der Waals surface area contributed by atoms with E-state index in [9.17, 15) is 0 Å². The summed E-state index contributed by atoms with van der Waals surface area (Å²) in [4.78, 5) is 8.02. The van der Waals surface area contributed by atoms with Gasteiger partial charge in [-0.1, -0.05) is 51.3 Å². The summed E-state index contributed by atoms with van der Waals surface area (Å²) >= 11 is 15.8. The fraction of sp³-hybridized carbons (Fsp3) is 0.118. The predicted molar refractivity (Wildman–Crippen MR) is 95.7 cm³/mol. The molecule has 0 aliphatic rings. The lowest BCUT2D eigenvalue weighted by atomic mass is 10.1. The number of aryl methyl sites for hydroxylation is 1. The van der Waals surface area contributed by atoms with Crippen molar-refractivity contribution in [1.29, 1.82) is 0 Å². The number of H-pyrrole nitrogens is 1. The molecule has 1 aromatic heterocycles. The van der Waals surface area contributed by atoms with Gasteiger partial charge in [-0.25, -0.2) is 4.98 Å². The van der Waals surface area contributed by atoms with E-state index < -0.39 is 0 Å². The van der Waals surface area contributed by atoms with Gasteiger partial charge in [0.05, 0.1) is 10.7 Å². The summed E-state index contributed by atoms with van der Waals surface area (Å²) in [5, 5.41) is 1.30. The molecule has 2 nitrogen and oxygen atoms in total. The van der Waals surface area contributed by atoms with Crippen LogP contribution in [0.2, 0.25) is 10.0 Å². The minimum Gasteiger partial charge on any atom is -0.345 e. The van der Waals surface area contributed by atoms with Gasteiger partial charge in [0.15, 0.2) is 0 Å². The third-order valence-corrected chi connectivity index (χ3v) is 4.50. The molecule has 1 N–H and O–H groups in total. The Hall–Kier alpha value is -1.29. The standard InChI is InChI=1S/C17H13BrCl2N2/c1-10-17(14-9-13(19)6-7-15(14)20)22-16(21-10)8-11-2-4-12(18)5-3-11/h2-7,9H,8H2,1H3,(H,21,22). The van der Waals surface area contributed by atoms with Gasteiger partial charge in [-0.05, 0) is 42.8 Å². The molecule has 3 rings (SSSR count). The van der Waals surface area contributed by atoms with E-state index in [1.54, 1.807) is 12.1 Å². The highest BCUT2D eigenvalue weighted by atomic mass is 79.9. The fourth-order valence-electron chi connectivity index (χ4n) is 2.34. The van der Waals surface area contributed by atoms with E-state index in [1.165, 1.54) is 5.56 Å². The second-order valence-corrected chi connectivity index (χ2v) is 6.84. The summed E-state index contributed by atoms with van der Waals surface area (Å²) in [6, 6.07) is 13.6. The van der Waals surface area contributed by atoms with Crippen LogP contribution in [0, 0.1) is 6.92 Å². The second-order valence-electron chi connectivity index (χ2n) is 5.08. The Morgan fingerprint density at radius 3 is 2.55 bits per heavy atom. The molecule has 0 aliphatic heterocycles. The average molecular weight is 396 g/mol. The zero-order chi connectivity index (χ0) is 15.7. The molecule has 22 heavy (non-hydrogen) atoms. The van der Waals surface area contributed by atoms with E-state index in [1.807, 2.05) is 25.1 Å². The molecule has 2 aromatic carbocycles. The number of halogens is 3. The van der Waals surface area contributed by atoms with Gasteiger partial charge in [0.1, 0.15) is 5.82 Å². The quantitative estimate of drug-likeness (QED) is 0.574. The van der Waals surface area contributed by atoms with Gasteiger partial charge in [0.2, 0.25) is 0 Å². The van der Waals surface area contributed by atoms with Crippen LogP contribution in [0.15, 0.2) is 46.9 Å². The Kier molecular flexibility index (Phi) is 4.57. The van der Waals surface area contributed by atoms with Crippen LogP contribution in [-0.2, 0) is 6.42 Å². The number of imidazole rings is 1. The Balaban J connectivity index is 1.93. The summed E-state index contributed by atoms with van der Waals surface area (Å²) < 4.78 is 1.07. The van der Waals surface area contributed by atoms with Gasteiger partial charge in [-0.3, -0.25) is 0 Å². The van der Waals surface area contributed by atoms with Crippen molar-refractivity contribution < 1.29 is 0 Å². The highest BCUT2D eigenvalue weighted by Crippen LogP contribution is 2.31. The van der Waals surface area contributed by atoms with E-state index >= 15 is 0 Å². The van der Waals surface area contributed by atoms with Crippen molar-refractivity contribution in [2.75, 3.05) is 0 Å². The molecule has 0 aliphatic carbocycles. The highest BCUT2D eigenvalue weighted by molar-refractivity contribution is 9.10. The Morgan fingerprint density at radius 1 is 1.09 bits per heavy atom. The van der Waals surface area contributed by atoms with Crippen LogP contribution in [0.1, 0.15) is 17.1 Å². The molecule has 112 valence electrons. The van der Waals surface area contributed by atoms with E-state index in [2.05, 4.69) is 38.0 Å². The zero-order valence-corrected chi connectivity index (χ0v) is 14.9. The average Bonchev–Trinajstić information content (AvgIpc) is 2.84. The number of aromatic nitrogens is 2. The maximum absolute atomic E-state index is 6.27. The number of hydrogen-bond acceptors (Lipinski definition) is 1. The lowest BCUT2D eigenvalue weighted by molar-refractivity contribution is 1.02. The molecule has 0 bridgehead atoms. The van der Waals surface area contributed by atoms with Gasteiger partial charge in [0.25, 0.3) is 0 Å². The predicted octanol–water partition coefficient (Wildman–Crippen LogP) is 6.05. The van der Waals surface area contributed by atoms with Gasteiger partial charge < -0.3 is 4.98 Å². The van der Waals surface area contributed by atoms with Crippen molar-refractivity contribution in [2.24, 2.45) is 0 Å². The summed E-state index contributed by atoms with van der Waals surface area (Å²) in [5.41, 5.74) is 3.88. The first-order chi connectivity index (χ1) is 10.5. The van der Waals surface area contributed by atoms with E-state index in [0.717, 1.165) is 33.7 Å². The maximum Gasteiger partial charge on any atom is 0.111 e. The van der Waals surface area contributed by atoms with Gasteiger partial charge in [0, 0.05) is 27.2 Å². The first-order valence-electron chi connectivity index (χ1n) is 6.78. The van der Waals surface area contributed by atoms with Crippen LogP contribution >= 0.6 is 39.1 Å². The molecule has 1 heterocycles. The lowest BCUT2D eigenvalue weighted by Gasteiger charge is -2.02. The number of aromatic amines is 1. The molecule has 0 radical (unpaired) electrons. The molecule has 0 spiro atoms. The van der Waals surface area contributed by atoms with Crippen molar-refractivity contribution in [3.63, 3.8) is 0 Å². The summed E-state index contributed by atoms with van der Waals surface area (Å²) in [6.45, 7) is 1.99. The van der Waals surface area contributed by atoms with Crippen molar-refractivity contribution in [1.82, 2.24) is 9.97 Å². The van der Waals surface area contributed by atoms with Crippen LogP contribution in [0.4, 0.5) is 0 Å². The maximum atomic E-state index is 6.27. The van der Waals surface area contributed by atoms with E-state index in [0.29, 0.717) is 10.0 Å². The number of rotatable bonds is 3. The first kappa shape index (κ1) is 15.6. The molecule has 0 atom stereocenters. The van der Waals surface area contributed by atoms with Crippen molar-refractivity contribution in [2.45, 2.75) is 13.3 Å². The number of nitrogens with one attached hydrogen (secondary N) is 1. The Morgan fingerprint density at radius 2 is 1.82 bits per heavy atom. The molecule has 0 saturated carbocycles. The third kappa shape index (κ3) is 3.37. The second kappa shape index (κ2) is 6.45.